The molecular formula is C22H18F3N3O2. The quantitative estimate of drug-likeness (QED) is 0.628. The number of nitrogens with zero attached hydrogens (tertiary/aromatic N) is 2. The van der Waals surface area contributed by atoms with Crippen molar-refractivity contribution < 1.29 is 22.7 Å². The molecule has 154 valence electrons. The summed E-state index contributed by atoms with van der Waals surface area (Å²) < 4.78 is 42.5. The molecule has 30 heavy (non-hydrogen) atoms. The smallest absolute Gasteiger partial charge is 0.406 e. The SMILES string of the molecule is O=C(Cn1c(C2C=CC=CC2)nc2ccccc21)Nc1ccc(OC(F)(F)F)cc1. The number of imidazole rings is 1. The van der Waals surface area contributed by atoms with Gasteiger partial charge >= 0.3 is 6.36 Å². The lowest BCUT2D eigenvalue weighted by molar-refractivity contribution is -0.274. The Balaban J connectivity index is 1.53. The van der Waals surface area contributed by atoms with Gasteiger partial charge in [-0.3, -0.25) is 4.79 Å². The third kappa shape index (κ3) is 4.53. The van der Waals surface area contributed by atoms with E-state index in [1.165, 1.54) is 12.1 Å². The molecule has 0 radical (unpaired) electrons. The minimum Gasteiger partial charge on any atom is -0.406 e. The second kappa shape index (κ2) is 8.06. The van der Waals surface area contributed by atoms with Crippen LogP contribution in [0.2, 0.25) is 0 Å². The van der Waals surface area contributed by atoms with Crippen LogP contribution < -0.4 is 10.1 Å². The molecule has 1 amide bonds. The van der Waals surface area contributed by atoms with Gasteiger partial charge in [0.25, 0.3) is 0 Å². The zero-order chi connectivity index (χ0) is 21.1. The van der Waals surface area contributed by atoms with Crippen molar-refractivity contribution in [3.8, 4) is 5.75 Å². The maximum atomic E-state index is 12.7. The maximum Gasteiger partial charge on any atom is 0.573 e. The van der Waals surface area contributed by atoms with Gasteiger partial charge in [0.2, 0.25) is 5.91 Å². The number of carbonyl (C=O) groups is 1. The number of nitrogens with one attached hydrogen (secondary N) is 1. The Morgan fingerprint density at radius 1 is 1.13 bits per heavy atom. The minimum absolute atomic E-state index is 0.0324. The first-order chi connectivity index (χ1) is 14.4. The molecular weight excluding hydrogens is 395 g/mol. The maximum absolute atomic E-state index is 12.7. The summed E-state index contributed by atoms with van der Waals surface area (Å²) in [5.41, 5.74) is 2.03. The third-order valence-electron chi connectivity index (χ3n) is 4.67. The second-order valence-corrected chi connectivity index (χ2v) is 6.82. The first-order valence-electron chi connectivity index (χ1n) is 9.33. The summed E-state index contributed by atoms with van der Waals surface area (Å²) in [7, 11) is 0. The van der Waals surface area contributed by atoms with Gasteiger partial charge in [-0.2, -0.15) is 0 Å². The van der Waals surface area contributed by atoms with Crippen LogP contribution in [0.4, 0.5) is 18.9 Å². The van der Waals surface area contributed by atoms with E-state index in [0.717, 1.165) is 35.4 Å². The van der Waals surface area contributed by atoms with E-state index in [1.54, 1.807) is 0 Å². The van der Waals surface area contributed by atoms with Crippen molar-refractivity contribution in [2.45, 2.75) is 25.2 Å². The molecule has 2 aromatic carbocycles. The normalized spacial score (nSPS) is 16.0. The number of ether oxygens (including phenoxy) is 1. The van der Waals surface area contributed by atoms with E-state index in [4.69, 9.17) is 4.98 Å². The van der Waals surface area contributed by atoms with Crippen LogP contribution in [0.3, 0.4) is 0 Å². The molecule has 0 saturated heterocycles. The van der Waals surface area contributed by atoms with Crippen molar-refractivity contribution in [3.63, 3.8) is 0 Å². The lowest BCUT2D eigenvalue weighted by atomic mass is 10.00. The van der Waals surface area contributed by atoms with Crippen LogP contribution >= 0.6 is 0 Å². The van der Waals surface area contributed by atoms with Crippen LogP contribution in [-0.4, -0.2) is 21.8 Å². The van der Waals surface area contributed by atoms with Crippen LogP contribution in [0.5, 0.6) is 5.75 Å². The predicted molar refractivity (Wildman–Crippen MR) is 107 cm³/mol. The highest BCUT2D eigenvalue weighted by molar-refractivity contribution is 5.91. The summed E-state index contributed by atoms with van der Waals surface area (Å²) in [5, 5.41) is 2.71. The predicted octanol–water partition coefficient (Wildman–Crippen LogP) is 5.17. The van der Waals surface area contributed by atoms with Crippen molar-refractivity contribution in [3.05, 3.63) is 78.7 Å². The monoisotopic (exact) mass is 413 g/mol. The van der Waals surface area contributed by atoms with Crippen LogP contribution in [0.1, 0.15) is 18.2 Å². The van der Waals surface area contributed by atoms with E-state index in [-0.39, 0.29) is 24.1 Å². The van der Waals surface area contributed by atoms with Crippen LogP contribution in [-0.2, 0) is 11.3 Å². The van der Waals surface area contributed by atoms with Crippen molar-refractivity contribution >= 4 is 22.6 Å². The Morgan fingerprint density at radius 3 is 2.60 bits per heavy atom. The molecule has 1 aromatic heterocycles. The molecule has 1 unspecified atom stereocenters. The average molecular weight is 413 g/mol. The first-order valence-corrected chi connectivity index (χ1v) is 9.33. The van der Waals surface area contributed by atoms with Gasteiger partial charge in [0.15, 0.2) is 0 Å². The molecule has 0 aliphatic heterocycles. The van der Waals surface area contributed by atoms with Gasteiger partial charge in [-0.05, 0) is 42.8 Å². The van der Waals surface area contributed by atoms with E-state index >= 15 is 0 Å². The summed E-state index contributed by atoms with van der Waals surface area (Å²) in [6, 6.07) is 12.6. The fourth-order valence-corrected chi connectivity index (χ4v) is 3.40. The average Bonchev–Trinajstić information content (AvgIpc) is 3.07. The van der Waals surface area contributed by atoms with Gasteiger partial charge in [-0.1, -0.05) is 36.4 Å². The van der Waals surface area contributed by atoms with E-state index in [2.05, 4.69) is 22.2 Å². The van der Waals surface area contributed by atoms with Crippen molar-refractivity contribution in [2.75, 3.05) is 5.32 Å². The Hall–Kier alpha value is -3.55. The van der Waals surface area contributed by atoms with E-state index in [1.807, 2.05) is 41.0 Å². The van der Waals surface area contributed by atoms with E-state index < -0.39 is 6.36 Å². The number of benzene rings is 2. The molecule has 1 aliphatic rings. The van der Waals surface area contributed by atoms with Gasteiger partial charge in [-0.25, -0.2) is 4.98 Å². The highest BCUT2D eigenvalue weighted by Gasteiger charge is 2.31. The minimum atomic E-state index is -4.76. The van der Waals surface area contributed by atoms with Gasteiger partial charge in [-0.15, -0.1) is 13.2 Å². The van der Waals surface area contributed by atoms with Gasteiger partial charge < -0.3 is 14.6 Å². The van der Waals surface area contributed by atoms with Crippen molar-refractivity contribution in [1.82, 2.24) is 9.55 Å². The number of aromatic nitrogens is 2. The van der Waals surface area contributed by atoms with Gasteiger partial charge in [0.1, 0.15) is 18.1 Å². The highest BCUT2D eigenvalue weighted by atomic mass is 19.4. The molecule has 0 spiro atoms. The number of rotatable bonds is 5. The molecule has 0 saturated carbocycles. The highest BCUT2D eigenvalue weighted by Crippen LogP contribution is 2.28. The topological polar surface area (TPSA) is 56.2 Å². The Bertz CT molecular complexity index is 1110. The summed E-state index contributed by atoms with van der Waals surface area (Å²) in [6.07, 6.45) is 4.08. The number of halogens is 3. The second-order valence-electron chi connectivity index (χ2n) is 6.82. The number of carbonyl (C=O) groups excluding carboxylic acids is 1. The lowest BCUT2D eigenvalue weighted by Gasteiger charge is -2.16. The Kier molecular flexibility index (Phi) is 5.31. The fraction of sp³-hybridized carbons (Fsp3) is 0.182. The molecule has 8 heteroatoms. The van der Waals surface area contributed by atoms with Crippen molar-refractivity contribution in [1.29, 1.82) is 0 Å². The number of hydrogen-bond acceptors (Lipinski definition) is 3. The van der Waals surface area contributed by atoms with Crippen LogP contribution in [0.25, 0.3) is 11.0 Å². The number of amides is 1. The van der Waals surface area contributed by atoms with Gasteiger partial charge in [0.05, 0.1) is 11.0 Å². The summed E-state index contributed by atoms with van der Waals surface area (Å²) in [6.45, 7) is 0.0324. The Morgan fingerprint density at radius 2 is 1.90 bits per heavy atom. The number of fused-ring (bicyclic) bond motifs is 1. The number of hydrogen-bond donors (Lipinski definition) is 1. The molecule has 3 aromatic rings. The largest absolute Gasteiger partial charge is 0.573 e. The zero-order valence-corrected chi connectivity index (χ0v) is 15.8. The molecule has 5 nitrogen and oxygen atoms in total. The number of allylic oxidation sites excluding steroid dienone is 4. The van der Waals surface area contributed by atoms with E-state index in [0.29, 0.717) is 5.69 Å². The summed E-state index contributed by atoms with van der Waals surface area (Å²) in [4.78, 5) is 17.4. The number of anilines is 1. The van der Waals surface area contributed by atoms with Crippen LogP contribution in [0, 0.1) is 0 Å². The standard InChI is InChI=1S/C22H18F3N3O2/c23-22(24,25)30-17-12-10-16(11-13-17)26-20(29)14-28-19-9-5-4-8-18(19)27-21(28)15-6-2-1-3-7-15/h1-6,8-13,15H,7,14H2,(H,26,29). The number of alkyl halides is 3. The lowest BCUT2D eigenvalue weighted by Crippen LogP contribution is -2.21. The molecule has 1 atom stereocenters. The number of para-hydroxylation sites is 2. The molecule has 1 N–H and O–H groups in total. The summed E-state index contributed by atoms with van der Waals surface area (Å²) >= 11 is 0. The van der Waals surface area contributed by atoms with Crippen molar-refractivity contribution in [2.24, 2.45) is 0 Å². The molecule has 1 aliphatic carbocycles. The first kappa shape index (κ1) is 19.8. The van der Waals surface area contributed by atoms with E-state index in [9.17, 15) is 18.0 Å². The zero-order valence-electron chi connectivity index (χ0n) is 15.8. The molecule has 1 heterocycles. The molecule has 0 bridgehead atoms. The molecule has 0 fully saturated rings. The Labute approximate surface area is 170 Å². The molecule has 4 rings (SSSR count). The van der Waals surface area contributed by atoms with Gasteiger partial charge in [0, 0.05) is 11.6 Å². The fourth-order valence-electron chi connectivity index (χ4n) is 3.40. The van der Waals surface area contributed by atoms with Crippen LogP contribution in [0.15, 0.2) is 72.8 Å². The summed E-state index contributed by atoms with van der Waals surface area (Å²) in [5.74, 6) is 0.203. The third-order valence-corrected chi connectivity index (χ3v) is 4.67.